The Hall–Kier alpha value is -2.82. The van der Waals surface area contributed by atoms with Crippen molar-refractivity contribution in [1.29, 1.82) is 0 Å². The van der Waals surface area contributed by atoms with Gasteiger partial charge in [-0.1, -0.05) is 43.5 Å². The van der Waals surface area contributed by atoms with Gasteiger partial charge in [0.25, 0.3) is 5.91 Å². The quantitative estimate of drug-likeness (QED) is 0.747. The van der Waals surface area contributed by atoms with Gasteiger partial charge in [0, 0.05) is 23.0 Å². The lowest BCUT2D eigenvalue weighted by Gasteiger charge is -2.23. The van der Waals surface area contributed by atoms with Crippen molar-refractivity contribution < 1.29 is 9.59 Å². The summed E-state index contributed by atoms with van der Waals surface area (Å²) in [5, 5.41) is 8.78. The number of hydrogen-bond acceptors (Lipinski definition) is 2. The Morgan fingerprint density at radius 2 is 1.65 bits per heavy atom. The Morgan fingerprint density at radius 3 is 2.38 bits per heavy atom. The lowest BCUT2D eigenvalue weighted by Crippen LogP contribution is -2.39. The topological polar surface area (TPSA) is 70.2 Å². The maximum absolute atomic E-state index is 12.4. The van der Waals surface area contributed by atoms with Crippen LogP contribution in [0.5, 0.6) is 0 Å². The standard InChI is InChI=1S/C21H25N3O2/c1-15-12-13-16(20(25)22-17-8-4-2-5-9-17)14-19(15)24-21(26)23-18-10-6-3-7-11-18/h2,4-5,8-9,12-14,18H,3,6-7,10-11H2,1H3,(H,22,25)(H2,23,24,26). The monoisotopic (exact) mass is 351 g/mol. The minimum Gasteiger partial charge on any atom is -0.335 e. The Labute approximate surface area is 154 Å². The molecule has 0 atom stereocenters. The highest BCUT2D eigenvalue weighted by Gasteiger charge is 2.16. The maximum atomic E-state index is 12.4. The normalized spacial score (nSPS) is 14.5. The molecule has 0 bridgehead atoms. The molecule has 1 fully saturated rings. The van der Waals surface area contributed by atoms with Gasteiger partial charge in [-0.3, -0.25) is 4.79 Å². The summed E-state index contributed by atoms with van der Waals surface area (Å²) in [7, 11) is 0. The zero-order valence-corrected chi connectivity index (χ0v) is 15.0. The van der Waals surface area contributed by atoms with E-state index >= 15 is 0 Å². The molecule has 3 amide bonds. The van der Waals surface area contributed by atoms with Crippen LogP contribution in [0.3, 0.4) is 0 Å². The molecule has 2 aromatic rings. The predicted octanol–water partition coefficient (Wildman–Crippen LogP) is 4.70. The smallest absolute Gasteiger partial charge is 0.319 e. The van der Waals surface area contributed by atoms with E-state index in [1.165, 1.54) is 19.3 Å². The van der Waals surface area contributed by atoms with Crippen molar-refractivity contribution in [3.05, 3.63) is 59.7 Å². The number of aryl methyl sites for hydroxylation is 1. The van der Waals surface area contributed by atoms with Gasteiger partial charge in [-0.15, -0.1) is 0 Å². The molecule has 0 saturated heterocycles. The fourth-order valence-electron chi connectivity index (χ4n) is 3.21. The van der Waals surface area contributed by atoms with Gasteiger partial charge in [0.2, 0.25) is 0 Å². The van der Waals surface area contributed by atoms with Gasteiger partial charge < -0.3 is 16.0 Å². The van der Waals surface area contributed by atoms with E-state index in [-0.39, 0.29) is 18.0 Å². The van der Waals surface area contributed by atoms with E-state index in [9.17, 15) is 9.59 Å². The van der Waals surface area contributed by atoms with Gasteiger partial charge in [-0.05, 0) is 49.6 Å². The Bertz CT molecular complexity index is 768. The molecule has 0 heterocycles. The summed E-state index contributed by atoms with van der Waals surface area (Å²) >= 11 is 0. The number of urea groups is 1. The van der Waals surface area contributed by atoms with Crippen molar-refractivity contribution >= 4 is 23.3 Å². The Morgan fingerprint density at radius 1 is 0.923 bits per heavy atom. The van der Waals surface area contributed by atoms with Crippen molar-refractivity contribution in [3.8, 4) is 0 Å². The number of anilines is 2. The van der Waals surface area contributed by atoms with Crippen molar-refractivity contribution in [1.82, 2.24) is 5.32 Å². The lowest BCUT2D eigenvalue weighted by atomic mass is 9.96. The van der Waals surface area contributed by atoms with Gasteiger partial charge in [0.05, 0.1) is 0 Å². The van der Waals surface area contributed by atoms with Gasteiger partial charge in [-0.25, -0.2) is 4.79 Å². The van der Waals surface area contributed by atoms with Gasteiger partial charge >= 0.3 is 6.03 Å². The van der Waals surface area contributed by atoms with Crippen LogP contribution in [0.1, 0.15) is 48.0 Å². The van der Waals surface area contributed by atoms with Crippen LogP contribution in [0.2, 0.25) is 0 Å². The summed E-state index contributed by atoms with van der Waals surface area (Å²) < 4.78 is 0. The highest BCUT2D eigenvalue weighted by Crippen LogP contribution is 2.20. The van der Waals surface area contributed by atoms with Gasteiger partial charge in [0.1, 0.15) is 0 Å². The largest absolute Gasteiger partial charge is 0.335 e. The number of carbonyl (C=O) groups excluding carboxylic acids is 2. The maximum Gasteiger partial charge on any atom is 0.319 e. The fourth-order valence-corrected chi connectivity index (χ4v) is 3.21. The average molecular weight is 351 g/mol. The van der Waals surface area contributed by atoms with Crippen LogP contribution in [0.4, 0.5) is 16.2 Å². The third-order valence-corrected chi connectivity index (χ3v) is 4.72. The molecule has 0 radical (unpaired) electrons. The van der Waals surface area contributed by atoms with Crippen LogP contribution in [0, 0.1) is 6.92 Å². The van der Waals surface area contributed by atoms with E-state index in [1.54, 1.807) is 12.1 Å². The molecule has 3 N–H and O–H groups in total. The third kappa shape index (κ3) is 4.85. The second kappa shape index (κ2) is 8.52. The molecule has 5 nitrogen and oxygen atoms in total. The highest BCUT2D eigenvalue weighted by molar-refractivity contribution is 6.05. The van der Waals surface area contributed by atoms with Crippen molar-refractivity contribution in [2.75, 3.05) is 10.6 Å². The van der Waals surface area contributed by atoms with Crippen molar-refractivity contribution in [3.63, 3.8) is 0 Å². The predicted molar refractivity (Wildman–Crippen MR) is 105 cm³/mol. The summed E-state index contributed by atoms with van der Waals surface area (Å²) in [5.74, 6) is -0.202. The summed E-state index contributed by atoms with van der Waals surface area (Å²) in [6.07, 6.45) is 5.65. The summed E-state index contributed by atoms with van der Waals surface area (Å²) in [5.41, 5.74) is 2.81. The number of rotatable bonds is 4. The minimum atomic E-state index is -0.208. The lowest BCUT2D eigenvalue weighted by molar-refractivity contribution is 0.102. The van der Waals surface area contributed by atoms with E-state index < -0.39 is 0 Å². The fraction of sp³-hybridized carbons (Fsp3) is 0.333. The second-order valence-corrected chi connectivity index (χ2v) is 6.78. The van der Waals surface area contributed by atoms with Crippen LogP contribution in [0.25, 0.3) is 0 Å². The van der Waals surface area contributed by atoms with Crippen LogP contribution in [0.15, 0.2) is 48.5 Å². The summed E-state index contributed by atoms with van der Waals surface area (Å²) in [6, 6.07) is 14.7. The van der Waals surface area contributed by atoms with E-state index in [2.05, 4.69) is 16.0 Å². The molecular weight excluding hydrogens is 326 g/mol. The molecule has 5 heteroatoms. The third-order valence-electron chi connectivity index (χ3n) is 4.72. The summed E-state index contributed by atoms with van der Waals surface area (Å²) in [6.45, 7) is 1.91. The SMILES string of the molecule is Cc1ccc(C(=O)Nc2ccccc2)cc1NC(=O)NC1CCCCC1. The molecule has 1 saturated carbocycles. The molecule has 0 aromatic heterocycles. The first-order valence-corrected chi connectivity index (χ1v) is 9.16. The molecule has 0 aliphatic heterocycles. The van der Waals surface area contributed by atoms with E-state index in [4.69, 9.17) is 0 Å². The first-order chi connectivity index (χ1) is 12.6. The number of nitrogens with one attached hydrogen (secondary N) is 3. The molecule has 26 heavy (non-hydrogen) atoms. The Balaban J connectivity index is 1.65. The van der Waals surface area contributed by atoms with E-state index in [0.717, 1.165) is 24.1 Å². The van der Waals surface area contributed by atoms with Crippen molar-refractivity contribution in [2.24, 2.45) is 0 Å². The van der Waals surface area contributed by atoms with Crippen LogP contribution >= 0.6 is 0 Å². The Kier molecular flexibility index (Phi) is 5.89. The number of para-hydroxylation sites is 1. The number of benzene rings is 2. The highest BCUT2D eigenvalue weighted by atomic mass is 16.2. The average Bonchev–Trinajstić information content (AvgIpc) is 2.65. The first kappa shape index (κ1) is 18.0. The van der Waals surface area contributed by atoms with Gasteiger partial charge in [-0.2, -0.15) is 0 Å². The zero-order valence-electron chi connectivity index (χ0n) is 15.0. The number of amides is 3. The number of hydrogen-bond donors (Lipinski definition) is 3. The van der Waals surface area contributed by atoms with Crippen molar-refractivity contribution in [2.45, 2.75) is 45.1 Å². The number of carbonyl (C=O) groups is 2. The first-order valence-electron chi connectivity index (χ1n) is 9.16. The molecular formula is C21H25N3O2. The van der Waals surface area contributed by atoms with Crippen LogP contribution in [-0.4, -0.2) is 18.0 Å². The van der Waals surface area contributed by atoms with Crippen LogP contribution < -0.4 is 16.0 Å². The zero-order chi connectivity index (χ0) is 18.4. The second-order valence-electron chi connectivity index (χ2n) is 6.78. The van der Waals surface area contributed by atoms with E-state index in [1.807, 2.05) is 43.3 Å². The molecule has 136 valence electrons. The van der Waals surface area contributed by atoms with E-state index in [0.29, 0.717) is 11.3 Å². The molecule has 1 aliphatic rings. The molecule has 2 aromatic carbocycles. The minimum absolute atomic E-state index is 0.202. The molecule has 0 unspecified atom stereocenters. The summed E-state index contributed by atoms with van der Waals surface area (Å²) in [4.78, 5) is 24.7. The molecule has 1 aliphatic carbocycles. The molecule has 3 rings (SSSR count). The van der Waals surface area contributed by atoms with Crippen LogP contribution in [-0.2, 0) is 0 Å². The van der Waals surface area contributed by atoms with Gasteiger partial charge in [0.15, 0.2) is 0 Å². The molecule has 0 spiro atoms.